The molecule has 0 aliphatic rings. The molecule has 0 saturated carbocycles. The second kappa shape index (κ2) is 7.53. The number of nitrogens with zero attached hydrogens (tertiary/aromatic N) is 3. The Hall–Kier alpha value is -2.93. The molecule has 0 saturated heterocycles. The van der Waals surface area contributed by atoms with Crippen molar-refractivity contribution in [3.63, 3.8) is 0 Å². The van der Waals surface area contributed by atoms with Crippen LogP contribution in [0.25, 0.3) is 5.82 Å². The van der Waals surface area contributed by atoms with Crippen LogP contribution in [-0.4, -0.2) is 32.2 Å². The van der Waals surface area contributed by atoms with E-state index in [0.29, 0.717) is 18.5 Å². The van der Waals surface area contributed by atoms with Gasteiger partial charge in [0.2, 0.25) is 0 Å². The van der Waals surface area contributed by atoms with Gasteiger partial charge in [-0.1, -0.05) is 17.7 Å². The van der Waals surface area contributed by atoms with E-state index in [0.717, 1.165) is 22.8 Å². The topological polar surface area (TPSA) is 92.7 Å². The highest BCUT2D eigenvalue weighted by atomic mass is 35.5. The van der Waals surface area contributed by atoms with Crippen molar-refractivity contribution in [3.05, 3.63) is 74.6 Å². The first-order valence-electron chi connectivity index (χ1n) is 8.10. The lowest BCUT2D eigenvalue weighted by atomic mass is 10.1. The molecule has 0 radical (unpaired) electrons. The number of aryl methyl sites for hydroxylation is 1. The lowest BCUT2D eigenvalue weighted by Gasteiger charge is -2.07. The minimum absolute atomic E-state index is 0.0130. The average Bonchev–Trinajstić information content (AvgIpc) is 2.92. The molecule has 26 heavy (non-hydrogen) atoms. The lowest BCUT2D eigenvalue weighted by molar-refractivity contribution is 0.0953. The molecule has 3 aromatic rings. The molecule has 3 rings (SSSR count). The number of amides is 1. The average molecular weight is 372 g/mol. The number of nitrogens with one attached hydrogen (secondary N) is 2. The van der Waals surface area contributed by atoms with Gasteiger partial charge in [-0.25, -0.2) is 9.67 Å². The van der Waals surface area contributed by atoms with E-state index in [-0.39, 0.29) is 10.9 Å². The number of pyridine rings is 2. The van der Waals surface area contributed by atoms with E-state index >= 15 is 0 Å². The summed E-state index contributed by atoms with van der Waals surface area (Å²) >= 11 is 5.75. The van der Waals surface area contributed by atoms with Crippen molar-refractivity contribution >= 4 is 17.5 Å². The largest absolute Gasteiger partial charge is 0.352 e. The maximum atomic E-state index is 12.2. The Bertz CT molecular complexity index is 995. The van der Waals surface area contributed by atoms with Crippen molar-refractivity contribution < 1.29 is 4.79 Å². The fourth-order valence-corrected chi connectivity index (χ4v) is 2.90. The van der Waals surface area contributed by atoms with E-state index in [1.165, 1.54) is 12.3 Å². The zero-order valence-electron chi connectivity index (χ0n) is 14.4. The molecule has 0 fully saturated rings. The third-order valence-electron chi connectivity index (χ3n) is 4.09. The summed E-state index contributed by atoms with van der Waals surface area (Å²) in [6.07, 6.45) is 3.70. The van der Waals surface area contributed by atoms with E-state index in [1.807, 2.05) is 32.0 Å². The van der Waals surface area contributed by atoms with Gasteiger partial charge in [0.15, 0.2) is 5.82 Å². The Labute approximate surface area is 155 Å². The molecule has 0 aromatic carbocycles. The van der Waals surface area contributed by atoms with Crippen LogP contribution in [0.2, 0.25) is 5.02 Å². The predicted molar refractivity (Wildman–Crippen MR) is 98.9 cm³/mol. The molecule has 3 aromatic heterocycles. The van der Waals surface area contributed by atoms with Crippen molar-refractivity contribution in [1.29, 1.82) is 0 Å². The van der Waals surface area contributed by atoms with Gasteiger partial charge in [-0.3, -0.25) is 9.59 Å². The Kier molecular flexibility index (Phi) is 5.18. The molecule has 3 heterocycles. The van der Waals surface area contributed by atoms with E-state index in [1.54, 1.807) is 10.9 Å². The highest BCUT2D eigenvalue weighted by Gasteiger charge is 2.14. The van der Waals surface area contributed by atoms with Crippen LogP contribution in [0, 0.1) is 13.8 Å². The van der Waals surface area contributed by atoms with Crippen LogP contribution >= 0.6 is 11.6 Å². The first kappa shape index (κ1) is 17.9. The van der Waals surface area contributed by atoms with E-state index in [9.17, 15) is 9.59 Å². The van der Waals surface area contributed by atoms with Crippen molar-refractivity contribution in [2.45, 2.75) is 20.3 Å². The monoisotopic (exact) mass is 371 g/mol. The zero-order chi connectivity index (χ0) is 18.7. The molecule has 0 aliphatic carbocycles. The van der Waals surface area contributed by atoms with Crippen molar-refractivity contribution in [1.82, 2.24) is 25.1 Å². The summed E-state index contributed by atoms with van der Waals surface area (Å²) in [6.45, 7) is 4.35. The number of halogens is 1. The molecule has 0 bridgehead atoms. The maximum absolute atomic E-state index is 12.2. The SMILES string of the molecule is Cc1nn(-c2ccccn2)c(C)c1CCNC(=O)c1c[nH]c(=O)c(Cl)c1. The zero-order valence-corrected chi connectivity index (χ0v) is 15.2. The van der Waals surface area contributed by atoms with Gasteiger partial charge < -0.3 is 10.3 Å². The van der Waals surface area contributed by atoms with Crippen LogP contribution in [0.3, 0.4) is 0 Å². The molecule has 0 unspecified atom stereocenters. The summed E-state index contributed by atoms with van der Waals surface area (Å²) in [6, 6.07) is 7.01. The molecule has 1 amide bonds. The fraction of sp³-hybridized carbons (Fsp3) is 0.222. The lowest BCUT2D eigenvalue weighted by Crippen LogP contribution is -2.26. The van der Waals surface area contributed by atoms with Gasteiger partial charge >= 0.3 is 0 Å². The van der Waals surface area contributed by atoms with E-state index < -0.39 is 5.56 Å². The minimum Gasteiger partial charge on any atom is -0.352 e. The first-order valence-corrected chi connectivity index (χ1v) is 8.48. The molecule has 134 valence electrons. The summed E-state index contributed by atoms with van der Waals surface area (Å²) < 4.78 is 1.80. The predicted octanol–water partition coefficient (Wildman–Crippen LogP) is 2.20. The standard InChI is InChI=1S/C18H18ClN5O2/c1-11-14(12(2)24(23-11)16-5-3-4-7-20-16)6-8-21-17(25)13-9-15(19)18(26)22-10-13/h3-5,7,9-10H,6,8H2,1-2H3,(H,21,25)(H,22,26). The summed E-state index contributed by atoms with van der Waals surface area (Å²) in [5.41, 5.74) is 2.84. The smallest absolute Gasteiger partial charge is 0.266 e. The highest BCUT2D eigenvalue weighted by molar-refractivity contribution is 6.30. The third kappa shape index (κ3) is 3.67. The molecule has 7 nitrogen and oxygen atoms in total. The van der Waals surface area contributed by atoms with Crippen molar-refractivity contribution in [2.24, 2.45) is 0 Å². The Morgan fingerprint density at radius 3 is 2.85 bits per heavy atom. The summed E-state index contributed by atoms with van der Waals surface area (Å²) in [5, 5.41) is 7.35. The maximum Gasteiger partial charge on any atom is 0.266 e. The molecular weight excluding hydrogens is 354 g/mol. The third-order valence-corrected chi connectivity index (χ3v) is 4.37. The van der Waals surface area contributed by atoms with Crippen molar-refractivity contribution in [2.75, 3.05) is 6.54 Å². The van der Waals surface area contributed by atoms with Gasteiger partial charge in [-0.2, -0.15) is 5.10 Å². The van der Waals surface area contributed by atoms with Crippen LogP contribution in [0.5, 0.6) is 0 Å². The number of rotatable bonds is 5. The number of carbonyl (C=O) groups excluding carboxylic acids is 1. The van der Waals surface area contributed by atoms with Crippen LogP contribution in [0.1, 0.15) is 27.3 Å². The second-order valence-electron chi connectivity index (χ2n) is 5.82. The Morgan fingerprint density at radius 1 is 1.35 bits per heavy atom. The second-order valence-corrected chi connectivity index (χ2v) is 6.23. The molecular formula is C18H18ClN5O2. The van der Waals surface area contributed by atoms with Gasteiger partial charge in [-0.15, -0.1) is 0 Å². The van der Waals surface area contributed by atoms with Gasteiger partial charge in [0.25, 0.3) is 11.5 Å². The number of hydrogen-bond donors (Lipinski definition) is 2. The van der Waals surface area contributed by atoms with E-state index in [4.69, 9.17) is 11.6 Å². The number of hydrogen-bond acceptors (Lipinski definition) is 4. The van der Waals surface area contributed by atoms with Crippen molar-refractivity contribution in [3.8, 4) is 5.82 Å². The van der Waals surface area contributed by atoms with Gasteiger partial charge in [0.05, 0.1) is 11.3 Å². The summed E-state index contributed by atoms with van der Waals surface area (Å²) in [4.78, 5) is 30.2. The van der Waals surface area contributed by atoms with Crippen LogP contribution < -0.4 is 10.9 Å². The number of aromatic nitrogens is 4. The van der Waals surface area contributed by atoms with Crippen LogP contribution in [-0.2, 0) is 6.42 Å². The molecule has 0 atom stereocenters. The normalized spacial score (nSPS) is 10.7. The molecule has 0 aliphatic heterocycles. The number of carbonyl (C=O) groups is 1. The van der Waals surface area contributed by atoms with Gasteiger partial charge in [0, 0.05) is 24.6 Å². The summed E-state index contributed by atoms with van der Waals surface area (Å²) in [7, 11) is 0. The highest BCUT2D eigenvalue weighted by Crippen LogP contribution is 2.17. The quantitative estimate of drug-likeness (QED) is 0.719. The van der Waals surface area contributed by atoms with Gasteiger partial charge in [0.1, 0.15) is 5.02 Å². The minimum atomic E-state index is -0.420. The number of aromatic amines is 1. The van der Waals surface area contributed by atoms with E-state index in [2.05, 4.69) is 20.4 Å². The Balaban J connectivity index is 1.68. The van der Waals surface area contributed by atoms with Crippen LogP contribution in [0.4, 0.5) is 0 Å². The Morgan fingerprint density at radius 2 is 2.15 bits per heavy atom. The number of H-pyrrole nitrogens is 1. The first-order chi connectivity index (χ1) is 12.5. The van der Waals surface area contributed by atoms with Gasteiger partial charge in [-0.05, 0) is 44.0 Å². The molecule has 0 spiro atoms. The molecule has 8 heteroatoms. The van der Waals surface area contributed by atoms with Crippen LogP contribution in [0.15, 0.2) is 41.5 Å². The fourth-order valence-electron chi connectivity index (χ4n) is 2.73. The molecule has 2 N–H and O–H groups in total. The summed E-state index contributed by atoms with van der Waals surface area (Å²) in [5.74, 6) is 0.460.